The van der Waals surface area contributed by atoms with Gasteiger partial charge in [0.25, 0.3) is 0 Å². The summed E-state index contributed by atoms with van der Waals surface area (Å²) >= 11 is 1.40. The number of aryl methyl sites for hydroxylation is 1. The monoisotopic (exact) mass is 432 g/mol. The van der Waals surface area contributed by atoms with Gasteiger partial charge in [-0.15, -0.1) is 11.3 Å². The van der Waals surface area contributed by atoms with E-state index in [0.717, 1.165) is 11.3 Å². The number of hydrogen-bond donors (Lipinski definition) is 1. The summed E-state index contributed by atoms with van der Waals surface area (Å²) in [6.45, 7) is 2.12. The maximum atomic E-state index is 13.3. The molecule has 0 fully saturated rings. The molecule has 0 saturated heterocycles. The van der Waals surface area contributed by atoms with Crippen LogP contribution in [-0.4, -0.2) is 35.9 Å². The number of carboxylic acids is 1. The van der Waals surface area contributed by atoms with Crippen LogP contribution in [0.25, 0.3) is 0 Å². The summed E-state index contributed by atoms with van der Waals surface area (Å²) in [6.07, 6.45) is 0. The Kier molecular flexibility index (Phi) is 6.31. The first kappa shape index (κ1) is 21.0. The van der Waals surface area contributed by atoms with Crippen LogP contribution in [0.15, 0.2) is 58.8 Å². The zero-order chi connectivity index (χ0) is 21.0. The molecule has 0 bridgehead atoms. The smallest absolute Gasteiger partial charge is 0.335 e. The molecule has 0 aliphatic heterocycles. The summed E-state index contributed by atoms with van der Waals surface area (Å²) in [4.78, 5) is 15.5. The average molecular weight is 433 g/mol. The van der Waals surface area contributed by atoms with E-state index in [1.807, 2.05) is 24.4 Å². The summed E-state index contributed by atoms with van der Waals surface area (Å²) in [6, 6.07) is 12.4. The zero-order valence-corrected chi connectivity index (χ0v) is 17.5. The molecule has 0 amide bonds. The minimum absolute atomic E-state index is 0.0289. The van der Waals surface area contributed by atoms with Crippen molar-refractivity contribution in [2.24, 2.45) is 0 Å². The molecule has 9 heteroatoms. The van der Waals surface area contributed by atoms with E-state index < -0.39 is 16.0 Å². The van der Waals surface area contributed by atoms with Crippen molar-refractivity contribution in [3.8, 4) is 5.75 Å². The average Bonchev–Trinajstić information content (AvgIpc) is 3.13. The Morgan fingerprint density at radius 3 is 2.28 bits per heavy atom. The maximum absolute atomic E-state index is 13.3. The van der Waals surface area contributed by atoms with Crippen LogP contribution in [0, 0.1) is 6.92 Å². The van der Waals surface area contributed by atoms with Gasteiger partial charge in [-0.3, -0.25) is 0 Å². The highest BCUT2D eigenvalue weighted by atomic mass is 32.2. The van der Waals surface area contributed by atoms with E-state index in [2.05, 4.69) is 4.98 Å². The third kappa shape index (κ3) is 5.00. The summed E-state index contributed by atoms with van der Waals surface area (Å²) in [5.41, 5.74) is 1.66. The SMILES string of the molecule is COc1ccc(CN(Cc2nc(C)cs2)S(=O)(=O)c2ccc(C(=O)O)cc2)cc1. The Bertz CT molecular complexity index is 1090. The van der Waals surface area contributed by atoms with Gasteiger partial charge < -0.3 is 9.84 Å². The number of nitrogens with zero attached hydrogens (tertiary/aromatic N) is 2. The highest BCUT2D eigenvalue weighted by Gasteiger charge is 2.26. The normalized spacial score (nSPS) is 11.6. The molecule has 3 rings (SSSR count). The number of sulfonamides is 1. The van der Waals surface area contributed by atoms with Gasteiger partial charge in [-0.1, -0.05) is 12.1 Å². The third-order valence-corrected chi connectivity index (χ3v) is 6.99. The minimum atomic E-state index is -3.87. The summed E-state index contributed by atoms with van der Waals surface area (Å²) in [7, 11) is -2.30. The molecular weight excluding hydrogens is 412 g/mol. The van der Waals surface area contributed by atoms with Gasteiger partial charge in [-0.25, -0.2) is 18.2 Å². The molecule has 152 valence electrons. The maximum Gasteiger partial charge on any atom is 0.335 e. The number of carbonyl (C=O) groups is 1. The van der Waals surface area contributed by atoms with Crippen molar-refractivity contribution in [1.82, 2.24) is 9.29 Å². The van der Waals surface area contributed by atoms with Crippen LogP contribution in [0.4, 0.5) is 0 Å². The summed E-state index contributed by atoms with van der Waals surface area (Å²) in [5, 5.41) is 11.6. The van der Waals surface area contributed by atoms with Gasteiger partial charge in [0.15, 0.2) is 0 Å². The van der Waals surface area contributed by atoms with Gasteiger partial charge in [0.1, 0.15) is 10.8 Å². The van der Waals surface area contributed by atoms with Crippen molar-refractivity contribution >= 4 is 27.3 Å². The number of aromatic carboxylic acids is 1. The largest absolute Gasteiger partial charge is 0.497 e. The van der Waals surface area contributed by atoms with Crippen LogP contribution in [0.3, 0.4) is 0 Å². The van der Waals surface area contributed by atoms with Gasteiger partial charge in [-0.2, -0.15) is 4.31 Å². The lowest BCUT2D eigenvalue weighted by molar-refractivity contribution is 0.0696. The van der Waals surface area contributed by atoms with Gasteiger partial charge in [0, 0.05) is 17.6 Å². The van der Waals surface area contributed by atoms with Crippen LogP contribution in [0.2, 0.25) is 0 Å². The van der Waals surface area contributed by atoms with Crippen molar-refractivity contribution < 1.29 is 23.1 Å². The first-order valence-corrected chi connectivity index (χ1v) is 11.0. The molecule has 0 radical (unpaired) electrons. The van der Waals surface area contributed by atoms with Crippen molar-refractivity contribution in [1.29, 1.82) is 0 Å². The molecule has 1 N–H and O–H groups in total. The van der Waals surface area contributed by atoms with Gasteiger partial charge in [0.2, 0.25) is 10.0 Å². The number of hydrogen-bond acceptors (Lipinski definition) is 6. The topological polar surface area (TPSA) is 96.8 Å². The van der Waals surface area contributed by atoms with Gasteiger partial charge >= 0.3 is 5.97 Å². The molecular formula is C20H20N2O5S2. The number of thiazole rings is 1. The van der Waals surface area contributed by atoms with Crippen molar-refractivity contribution in [2.45, 2.75) is 24.9 Å². The van der Waals surface area contributed by atoms with E-state index in [9.17, 15) is 13.2 Å². The number of ether oxygens (including phenoxy) is 1. The predicted octanol–water partition coefficient (Wildman–Crippen LogP) is 3.55. The number of benzene rings is 2. The molecule has 1 heterocycles. The fourth-order valence-electron chi connectivity index (χ4n) is 2.71. The van der Waals surface area contributed by atoms with Crippen LogP contribution in [0.5, 0.6) is 5.75 Å². The molecule has 2 aromatic carbocycles. The van der Waals surface area contributed by atoms with E-state index >= 15 is 0 Å². The van der Waals surface area contributed by atoms with Crippen LogP contribution < -0.4 is 4.74 Å². The molecule has 29 heavy (non-hydrogen) atoms. The highest BCUT2D eigenvalue weighted by Crippen LogP contribution is 2.24. The van der Waals surface area contributed by atoms with Crippen LogP contribution in [0.1, 0.15) is 26.6 Å². The standard InChI is InChI=1S/C20H20N2O5S2/c1-14-13-28-19(21-14)12-22(11-15-3-7-17(27-2)8-4-15)29(25,26)18-9-5-16(6-10-18)20(23)24/h3-10,13H,11-12H2,1-2H3,(H,23,24). The Labute approximate surface area is 173 Å². The van der Waals surface area contributed by atoms with E-state index in [-0.39, 0.29) is 23.5 Å². The number of methoxy groups -OCH3 is 1. The molecule has 0 spiro atoms. The fraction of sp³-hybridized carbons (Fsp3) is 0.200. The Hall–Kier alpha value is -2.75. The zero-order valence-electron chi connectivity index (χ0n) is 15.9. The molecule has 0 atom stereocenters. The van der Waals surface area contributed by atoms with Gasteiger partial charge in [-0.05, 0) is 48.9 Å². The van der Waals surface area contributed by atoms with Crippen LogP contribution in [-0.2, 0) is 23.1 Å². The molecule has 7 nitrogen and oxygen atoms in total. The summed E-state index contributed by atoms with van der Waals surface area (Å²) in [5.74, 6) is -0.426. The van der Waals surface area contributed by atoms with E-state index in [1.165, 1.54) is 39.9 Å². The molecule has 0 aliphatic carbocycles. The number of aromatic nitrogens is 1. The van der Waals surface area contributed by atoms with Crippen molar-refractivity contribution in [2.75, 3.05) is 7.11 Å². The first-order valence-electron chi connectivity index (χ1n) is 8.67. The third-order valence-electron chi connectivity index (χ3n) is 4.24. The lowest BCUT2D eigenvalue weighted by atomic mass is 10.2. The molecule has 3 aromatic rings. The minimum Gasteiger partial charge on any atom is -0.497 e. The van der Waals surface area contributed by atoms with E-state index in [0.29, 0.717) is 10.8 Å². The predicted molar refractivity (Wildman–Crippen MR) is 110 cm³/mol. The Morgan fingerprint density at radius 1 is 1.10 bits per heavy atom. The second-order valence-electron chi connectivity index (χ2n) is 6.33. The second-order valence-corrected chi connectivity index (χ2v) is 9.21. The quantitative estimate of drug-likeness (QED) is 0.585. The number of carboxylic acid groups (broad SMARTS) is 1. The molecule has 0 aliphatic rings. The molecule has 0 unspecified atom stereocenters. The van der Waals surface area contributed by atoms with E-state index in [4.69, 9.17) is 9.84 Å². The fourth-order valence-corrected chi connectivity index (χ4v) is 4.96. The van der Waals surface area contributed by atoms with Crippen LogP contribution >= 0.6 is 11.3 Å². The second kappa shape index (κ2) is 8.73. The first-order chi connectivity index (χ1) is 13.8. The molecule has 0 saturated carbocycles. The number of rotatable bonds is 8. The Balaban J connectivity index is 1.94. The van der Waals surface area contributed by atoms with Gasteiger partial charge in [0.05, 0.1) is 24.1 Å². The molecule has 1 aromatic heterocycles. The lowest BCUT2D eigenvalue weighted by Gasteiger charge is -2.21. The Morgan fingerprint density at radius 2 is 1.76 bits per heavy atom. The van der Waals surface area contributed by atoms with Crippen molar-refractivity contribution in [3.63, 3.8) is 0 Å². The summed E-state index contributed by atoms with van der Waals surface area (Å²) < 4.78 is 33.1. The highest BCUT2D eigenvalue weighted by molar-refractivity contribution is 7.89. The van der Waals surface area contributed by atoms with Crippen molar-refractivity contribution in [3.05, 3.63) is 75.7 Å². The lowest BCUT2D eigenvalue weighted by Crippen LogP contribution is -2.30. The van der Waals surface area contributed by atoms with E-state index in [1.54, 1.807) is 19.2 Å².